The van der Waals surface area contributed by atoms with Gasteiger partial charge >= 0.3 is 5.97 Å². The molecule has 0 atom stereocenters. The van der Waals surface area contributed by atoms with Crippen molar-refractivity contribution in [2.45, 2.75) is 13.8 Å². The average Bonchev–Trinajstić information content (AvgIpc) is 2.65. The van der Waals surface area contributed by atoms with Crippen LogP contribution in [0, 0.1) is 13.8 Å². The molecule has 2 aromatic rings. The van der Waals surface area contributed by atoms with Crippen molar-refractivity contribution >= 4 is 17.6 Å². The van der Waals surface area contributed by atoms with Crippen molar-refractivity contribution in [3.05, 3.63) is 40.7 Å². The summed E-state index contributed by atoms with van der Waals surface area (Å²) >= 11 is 0. The second-order valence-electron chi connectivity index (χ2n) is 4.66. The van der Waals surface area contributed by atoms with Gasteiger partial charge in [0.1, 0.15) is 5.75 Å². The SMILES string of the molecule is Cc1nn(C)c(C)c1C(=O)Nc1ccc(C(=O)O)cc1O. The molecule has 0 saturated heterocycles. The van der Waals surface area contributed by atoms with Gasteiger partial charge in [-0.1, -0.05) is 0 Å². The predicted molar refractivity (Wildman–Crippen MR) is 75.7 cm³/mol. The van der Waals surface area contributed by atoms with Crippen molar-refractivity contribution in [2.75, 3.05) is 5.32 Å². The highest BCUT2D eigenvalue weighted by Crippen LogP contribution is 2.25. The number of hydrogen-bond acceptors (Lipinski definition) is 4. The lowest BCUT2D eigenvalue weighted by Gasteiger charge is -2.08. The molecule has 7 nitrogen and oxygen atoms in total. The van der Waals surface area contributed by atoms with Gasteiger partial charge in [-0.15, -0.1) is 0 Å². The highest BCUT2D eigenvalue weighted by atomic mass is 16.4. The fourth-order valence-electron chi connectivity index (χ4n) is 2.06. The Hall–Kier alpha value is -2.83. The molecule has 0 unspecified atom stereocenters. The van der Waals surface area contributed by atoms with E-state index in [9.17, 15) is 14.7 Å². The number of carbonyl (C=O) groups excluding carboxylic acids is 1. The Labute approximate surface area is 120 Å². The van der Waals surface area contributed by atoms with E-state index in [1.54, 1.807) is 25.6 Å². The Bertz CT molecular complexity index is 734. The van der Waals surface area contributed by atoms with Gasteiger partial charge in [-0.2, -0.15) is 5.10 Å². The zero-order valence-corrected chi connectivity index (χ0v) is 11.8. The maximum absolute atomic E-state index is 12.2. The molecule has 0 radical (unpaired) electrons. The van der Waals surface area contributed by atoms with Gasteiger partial charge in [-0.3, -0.25) is 9.48 Å². The number of carbonyl (C=O) groups is 2. The Kier molecular flexibility index (Phi) is 3.66. The van der Waals surface area contributed by atoms with Crippen LogP contribution in [-0.4, -0.2) is 31.9 Å². The normalized spacial score (nSPS) is 10.4. The first-order chi connectivity index (χ1) is 9.81. The van der Waals surface area contributed by atoms with E-state index in [1.165, 1.54) is 12.1 Å². The van der Waals surface area contributed by atoms with Crippen LogP contribution in [0.15, 0.2) is 18.2 Å². The number of carboxylic acid groups (broad SMARTS) is 1. The molecule has 0 bridgehead atoms. The number of aromatic carboxylic acids is 1. The lowest BCUT2D eigenvalue weighted by Crippen LogP contribution is -2.14. The van der Waals surface area contributed by atoms with Crippen molar-refractivity contribution in [3.8, 4) is 5.75 Å². The number of rotatable bonds is 3. The quantitative estimate of drug-likeness (QED) is 0.746. The molecule has 0 aliphatic heterocycles. The van der Waals surface area contributed by atoms with Crippen LogP contribution in [-0.2, 0) is 7.05 Å². The lowest BCUT2D eigenvalue weighted by molar-refractivity contribution is 0.0696. The van der Waals surface area contributed by atoms with Crippen LogP contribution < -0.4 is 5.32 Å². The fourth-order valence-corrected chi connectivity index (χ4v) is 2.06. The highest BCUT2D eigenvalue weighted by molar-refractivity contribution is 6.06. The van der Waals surface area contributed by atoms with E-state index in [4.69, 9.17) is 5.11 Å². The van der Waals surface area contributed by atoms with E-state index in [0.717, 1.165) is 6.07 Å². The standard InChI is InChI=1S/C14H15N3O4/c1-7-12(8(2)17(3)16-7)13(19)15-10-5-4-9(14(20)21)6-11(10)18/h4-6,18H,1-3H3,(H,15,19)(H,20,21). The molecule has 1 aromatic carbocycles. The maximum Gasteiger partial charge on any atom is 0.335 e. The molecule has 1 aromatic heterocycles. The van der Waals surface area contributed by atoms with Crippen molar-refractivity contribution < 1.29 is 19.8 Å². The van der Waals surface area contributed by atoms with E-state index in [-0.39, 0.29) is 17.0 Å². The second kappa shape index (κ2) is 5.28. The molecule has 0 aliphatic rings. The summed E-state index contributed by atoms with van der Waals surface area (Å²) < 4.78 is 1.59. The van der Waals surface area contributed by atoms with Gasteiger partial charge in [0.25, 0.3) is 5.91 Å². The van der Waals surface area contributed by atoms with Crippen LogP contribution in [0.25, 0.3) is 0 Å². The minimum Gasteiger partial charge on any atom is -0.506 e. The molecule has 21 heavy (non-hydrogen) atoms. The maximum atomic E-state index is 12.2. The number of hydrogen-bond donors (Lipinski definition) is 3. The van der Waals surface area contributed by atoms with Gasteiger partial charge in [-0.05, 0) is 32.0 Å². The Morgan fingerprint density at radius 1 is 1.29 bits per heavy atom. The first-order valence-corrected chi connectivity index (χ1v) is 6.19. The molecule has 7 heteroatoms. The van der Waals surface area contributed by atoms with Crippen LogP contribution in [0.1, 0.15) is 32.1 Å². The van der Waals surface area contributed by atoms with Gasteiger partial charge in [0.05, 0.1) is 22.5 Å². The smallest absolute Gasteiger partial charge is 0.335 e. The monoisotopic (exact) mass is 289 g/mol. The molecule has 0 saturated carbocycles. The van der Waals surface area contributed by atoms with Gasteiger partial charge in [0.2, 0.25) is 0 Å². The number of anilines is 1. The number of nitrogens with zero attached hydrogens (tertiary/aromatic N) is 2. The summed E-state index contributed by atoms with van der Waals surface area (Å²) in [4.78, 5) is 23.0. The highest BCUT2D eigenvalue weighted by Gasteiger charge is 2.18. The molecular weight excluding hydrogens is 274 g/mol. The van der Waals surface area contributed by atoms with Gasteiger partial charge in [0.15, 0.2) is 0 Å². The number of carboxylic acids is 1. The lowest BCUT2D eigenvalue weighted by atomic mass is 10.1. The zero-order chi connectivity index (χ0) is 15.7. The average molecular weight is 289 g/mol. The topological polar surface area (TPSA) is 104 Å². The molecule has 1 heterocycles. The van der Waals surface area contributed by atoms with Crippen LogP contribution in [0.2, 0.25) is 0 Å². The summed E-state index contributed by atoms with van der Waals surface area (Å²) in [5, 5.41) is 25.3. The van der Waals surface area contributed by atoms with Crippen LogP contribution in [0.3, 0.4) is 0 Å². The molecule has 0 aliphatic carbocycles. The van der Waals surface area contributed by atoms with Crippen molar-refractivity contribution in [3.63, 3.8) is 0 Å². The number of benzene rings is 1. The largest absolute Gasteiger partial charge is 0.506 e. The summed E-state index contributed by atoms with van der Waals surface area (Å²) in [6.45, 7) is 3.48. The van der Waals surface area contributed by atoms with E-state index in [1.807, 2.05) is 0 Å². The van der Waals surface area contributed by atoms with Crippen LogP contribution >= 0.6 is 0 Å². The van der Waals surface area contributed by atoms with E-state index < -0.39 is 11.9 Å². The summed E-state index contributed by atoms with van der Waals surface area (Å²) in [7, 11) is 1.73. The van der Waals surface area contributed by atoms with E-state index >= 15 is 0 Å². The molecule has 110 valence electrons. The number of aryl methyl sites for hydroxylation is 2. The Balaban J connectivity index is 2.30. The molecular formula is C14H15N3O4. The summed E-state index contributed by atoms with van der Waals surface area (Å²) in [6, 6.07) is 3.74. The van der Waals surface area contributed by atoms with Crippen molar-refractivity contribution in [1.82, 2.24) is 9.78 Å². The van der Waals surface area contributed by atoms with Gasteiger partial charge in [-0.25, -0.2) is 4.79 Å². The van der Waals surface area contributed by atoms with E-state index in [2.05, 4.69) is 10.4 Å². The summed E-state index contributed by atoms with van der Waals surface area (Å²) in [6.07, 6.45) is 0. The summed E-state index contributed by atoms with van der Waals surface area (Å²) in [5.74, 6) is -1.86. The van der Waals surface area contributed by atoms with Gasteiger partial charge in [0, 0.05) is 12.7 Å². The molecule has 3 N–H and O–H groups in total. The van der Waals surface area contributed by atoms with Gasteiger partial charge < -0.3 is 15.5 Å². The Morgan fingerprint density at radius 3 is 2.43 bits per heavy atom. The molecule has 0 fully saturated rings. The number of phenols is 1. The van der Waals surface area contributed by atoms with Crippen LogP contribution in [0.4, 0.5) is 5.69 Å². The molecule has 2 rings (SSSR count). The third kappa shape index (κ3) is 2.71. The van der Waals surface area contributed by atoms with Crippen LogP contribution in [0.5, 0.6) is 5.75 Å². The Morgan fingerprint density at radius 2 is 1.95 bits per heavy atom. The molecule has 0 spiro atoms. The second-order valence-corrected chi connectivity index (χ2v) is 4.66. The van der Waals surface area contributed by atoms with Crippen molar-refractivity contribution in [2.24, 2.45) is 7.05 Å². The minimum atomic E-state index is -1.15. The first-order valence-electron chi connectivity index (χ1n) is 6.19. The number of nitrogens with one attached hydrogen (secondary N) is 1. The zero-order valence-electron chi connectivity index (χ0n) is 11.8. The number of amides is 1. The molecule has 1 amide bonds. The summed E-state index contributed by atoms with van der Waals surface area (Å²) in [5.41, 5.74) is 1.80. The van der Waals surface area contributed by atoms with Crippen molar-refractivity contribution in [1.29, 1.82) is 0 Å². The first kappa shape index (κ1) is 14.6. The number of phenolic OH excluding ortho intramolecular Hbond substituents is 1. The third-order valence-electron chi connectivity index (χ3n) is 3.23. The van der Waals surface area contributed by atoms with E-state index in [0.29, 0.717) is 17.0 Å². The number of aromatic nitrogens is 2. The number of aromatic hydroxyl groups is 1. The minimum absolute atomic E-state index is 0.0563. The third-order valence-corrected chi connectivity index (χ3v) is 3.23. The fraction of sp³-hybridized carbons (Fsp3) is 0.214. The predicted octanol–water partition coefficient (Wildman–Crippen LogP) is 1.69.